The van der Waals surface area contributed by atoms with Crippen molar-refractivity contribution < 1.29 is 23.5 Å². The first-order valence-electron chi connectivity index (χ1n) is 9.47. The maximum absolute atomic E-state index is 13.4. The van der Waals surface area contributed by atoms with Gasteiger partial charge in [0, 0.05) is 48.7 Å². The molecule has 2 heterocycles. The number of ether oxygens (including phenoxy) is 1. The van der Waals surface area contributed by atoms with E-state index in [-0.39, 0.29) is 23.5 Å². The summed E-state index contributed by atoms with van der Waals surface area (Å²) in [5.41, 5.74) is 1.89. The van der Waals surface area contributed by atoms with Crippen molar-refractivity contribution >= 4 is 40.8 Å². The Morgan fingerprint density at radius 1 is 1.20 bits per heavy atom. The number of fused-ring (bicyclic) bond motifs is 1. The molecule has 0 unspecified atom stereocenters. The molecule has 1 N–H and O–H groups in total. The first-order valence-corrected chi connectivity index (χ1v) is 9.85. The lowest BCUT2D eigenvalue weighted by Crippen LogP contribution is -2.55. The van der Waals surface area contributed by atoms with E-state index < -0.39 is 17.6 Å². The summed E-state index contributed by atoms with van der Waals surface area (Å²) in [7, 11) is 0. The normalized spacial score (nSPS) is 18.1. The highest BCUT2D eigenvalue weighted by Crippen LogP contribution is 2.29. The quantitative estimate of drug-likeness (QED) is 0.449. The average molecular weight is 432 g/mol. The zero-order valence-corrected chi connectivity index (χ0v) is 16.9. The second-order valence-corrected chi connectivity index (χ2v) is 7.73. The lowest BCUT2D eigenvalue weighted by Gasteiger charge is -2.41. The van der Waals surface area contributed by atoms with Gasteiger partial charge in [0.1, 0.15) is 11.6 Å². The van der Waals surface area contributed by atoms with Crippen LogP contribution in [0, 0.1) is 5.82 Å². The van der Waals surface area contributed by atoms with Crippen LogP contribution in [0.1, 0.15) is 12.5 Å². The summed E-state index contributed by atoms with van der Waals surface area (Å²) in [6.45, 7) is 3.08. The highest BCUT2D eigenvalue weighted by molar-refractivity contribution is 6.39. The minimum atomic E-state index is -0.759. The third kappa shape index (κ3) is 3.95. The molecule has 0 saturated carbocycles. The summed E-state index contributed by atoms with van der Waals surface area (Å²) in [5.74, 6) is -1.84. The number of amides is 2. The van der Waals surface area contributed by atoms with Crippen LogP contribution in [0.15, 0.2) is 36.4 Å². The molecule has 0 radical (unpaired) electrons. The molecule has 1 atom stereocenters. The molecule has 9 heteroatoms. The van der Waals surface area contributed by atoms with E-state index >= 15 is 0 Å². The van der Waals surface area contributed by atoms with Crippen LogP contribution < -0.4 is 15.0 Å². The van der Waals surface area contributed by atoms with E-state index in [1.807, 2.05) is 11.8 Å². The van der Waals surface area contributed by atoms with E-state index in [1.54, 1.807) is 24.3 Å². The van der Waals surface area contributed by atoms with E-state index in [0.29, 0.717) is 31.1 Å². The van der Waals surface area contributed by atoms with E-state index in [9.17, 15) is 18.8 Å². The van der Waals surface area contributed by atoms with Crippen LogP contribution in [0.5, 0.6) is 5.75 Å². The van der Waals surface area contributed by atoms with Crippen LogP contribution >= 0.6 is 11.6 Å². The van der Waals surface area contributed by atoms with Crippen molar-refractivity contribution in [2.75, 3.05) is 29.9 Å². The highest BCUT2D eigenvalue weighted by Gasteiger charge is 2.31. The molecule has 7 nitrogen and oxygen atoms in total. The fourth-order valence-corrected chi connectivity index (χ4v) is 3.88. The van der Waals surface area contributed by atoms with E-state index in [0.717, 1.165) is 11.3 Å². The van der Waals surface area contributed by atoms with Gasteiger partial charge in [-0.05, 0) is 31.2 Å². The Morgan fingerprint density at radius 3 is 2.73 bits per heavy atom. The topological polar surface area (TPSA) is 79.0 Å². The number of halogens is 2. The standard InChI is InChI=1S/C21H19ClFN3O4/c1-12-11-25(6-7-26(12)15-4-5-17(23)16(22)10-15)21(29)20(28)24-14-3-2-13-8-19(27)30-18(13)9-14/h2-5,9-10,12H,6-8,11H2,1H3,(H,24,28)/t12-/m1/s1. The van der Waals surface area contributed by atoms with Crippen LogP contribution in [-0.4, -0.2) is 48.4 Å². The minimum absolute atomic E-state index is 0.0395. The maximum Gasteiger partial charge on any atom is 0.315 e. The van der Waals surface area contributed by atoms with Crippen molar-refractivity contribution in [1.82, 2.24) is 4.90 Å². The molecule has 1 saturated heterocycles. The van der Waals surface area contributed by atoms with Gasteiger partial charge in [-0.25, -0.2) is 4.39 Å². The number of rotatable bonds is 2. The molecule has 2 aliphatic rings. The van der Waals surface area contributed by atoms with Crippen LogP contribution in [0.25, 0.3) is 0 Å². The maximum atomic E-state index is 13.4. The number of esters is 1. The van der Waals surface area contributed by atoms with Crippen molar-refractivity contribution in [3.05, 3.63) is 52.8 Å². The Kier molecular flexibility index (Phi) is 5.34. The van der Waals surface area contributed by atoms with Gasteiger partial charge in [-0.2, -0.15) is 0 Å². The van der Waals surface area contributed by atoms with Crippen molar-refractivity contribution in [1.29, 1.82) is 0 Å². The molecule has 0 spiro atoms. The number of carbonyl (C=O) groups is 3. The minimum Gasteiger partial charge on any atom is -0.426 e. The Balaban J connectivity index is 1.38. The monoisotopic (exact) mass is 431 g/mol. The fraction of sp³-hybridized carbons (Fsp3) is 0.286. The van der Waals surface area contributed by atoms with Crippen LogP contribution in [0.3, 0.4) is 0 Å². The van der Waals surface area contributed by atoms with Crippen LogP contribution in [0.2, 0.25) is 5.02 Å². The molecule has 0 aliphatic carbocycles. The average Bonchev–Trinajstić information content (AvgIpc) is 3.08. The van der Waals surface area contributed by atoms with Gasteiger partial charge in [0.25, 0.3) is 0 Å². The second kappa shape index (κ2) is 7.95. The fourth-order valence-electron chi connectivity index (χ4n) is 3.71. The molecule has 2 amide bonds. The molecular weight excluding hydrogens is 413 g/mol. The summed E-state index contributed by atoms with van der Waals surface area (Å²) in [6.07, 6.45) is 0.198. The number of piperazine rings is 1. The van der Waals surface area contributed by atoms with Gasteiger partial charge in [-0.15, -0.1) is 0 Å². The van der Waals surface area contributed by atoms with Crippen LogP contribution in [-0.2, 0) is 20.8 Å². The summed E-state index contributed by atoms with van der Waals surface area (Å²) < 4.78 is 18.5. The molecule has 4 rings (SSSR count). The number of anilines is 2. The van der Waals surface area contributed by atoms with E-state index in [2.05, 4.69) is 5.32 Å². The Hall–Kier alpha value is -3.13. The molecule has 2 aromatic carbocycles. The first-order chi connectivity index (χ1) is 14.3. The largest absolute Gasteiger partial charge is 0.426 e. The highest BCUT2D eigenvalue weighted by atomic mass is 35.5. The summed E-state index contributed by atoms with van der Waals surface area (Å²) in [6, 6.07) is 9.27. The summed E-state index contributed by atoms with van der Waals surface area (Å²) >= 11 is 5.87. The first kappa shape index (κ1) is 20.2. The lowest BCUT2D eigenvalue weighted by atomic mass is 10.1. The van der Waals surface area contributed by atoms with Gasteiger partial charge < -0.3 is 19.9 Å². The van der Waals surface area contributed by atoms with Gasteiger partial charge in [-0.1, -0.05) is 17.7 Å². The lowest BCUT2D eigenvalue weighted by molar-refractivity contribution is -0.143. The Labute approximate surface area is 177 Å². The molecule has 2 aliphatic heterocycles. The van der Waals surface area contributed by atoms with E-state index in [1.165, 1.54) is 17.0 Å². The van der Waals surface area contributed by atoms with Crippen molar-refractivity contribution in [2.24, 2.45) is 0 Å². The van der Waals surface area contributed by atoms with Crippen molar-refractivity contribution in [2.45, 2.75) is 19.4 Å². The Morgan fingerprint density at radius 2 is 2.00 bits per heavy atom. The Bertz CT molecular complexity index is 1040. The second-order valence-electron chi connectivity index (χ2n) is 7.32. The SMILES string of the molecule is C[C@@H]1CN(C(=O)C(=O)Nc2ccc3c(c2)OC(=O)C3)CCN1c1ccc(F)c(Cl)c1. The predicted molar refractivity (Wildman–Crippen MR) is 109 cm³/mol. The number of nitrogens with zero attached hydrogens (tertiary/aromatic N) is 2. The zero-order valence-electron chi connectivity index (χ0n) is 16.2. The molecule has 2 aromatic rings. The van der Waals surface area contributed by atoms with Gasteiger partial charge in [-0.3, -0.25) is 14.4 Å². The van der Waals surface area contributed by atoms with Gasteiger partial charge in [0.05, 0.1) is 11.4 Å². The molecule has 30 heavy (non-hydrogen) atoms. The summed E-state index contributed by atoms with van der Waals surface area (Å²) in [4.78, 5) is 39.9. The van der Waals surface area contributed by atoms with Crippen LogP contribution in [0.4, 0.5) is 15.8 Å². The third-order valence-corrected chi connectivity index (χ3v) is 5.52. The molecule has 156 valence electrons. The van der Waals surface area contributed by atoms with Gasteiger partial charge in [0.15, 0.2) is 0 Å². The summed E-state index contributed by atoms with van der Waals surface area (Å²) in [5, 5.41) is 2.60. The molecule has 0 bridgehead atoms. The van der Waals surface area contributed by atoms with Gasteiger partial charge in [0.2, 0.25) is 0 Å². The number of hydrogen-bond acceptors (Lipinski definition) is 5. The van der Waals surface area contributed by atoms with Gasteiger partial charge >= 0.3 is 17.8 Å². The number of nitrogens with one attached hydrogen (secondary N) is 1. The van der Waals surface area contributed by atoms with Crippen molar-refractivity contribution in [3.63, 3.8) is 0 Å². The van der Waals surface area contributed by atoms with E-state index in [4.69, 9.17) is 16.3 Å². The molecule has 0 aromatic heterocycles. The van der Waals surface area contributed by atoms with Crippen molar-refractivity contribution in [3.8, 4) is 5.75 Å². The predicted octanol–water partition coefficient (Wildman–Crippen LogP) is 2.62. The number of carbonyl (C=O) groups excluding carboxylic acids is 3. The molecular formula is C21H19ClFN3O4. The molecule has 1 fully saturated rings. The smallest absolute Gasteiger partial charge is 0.315 e. The third-order valence-electron chi connectivity index (χ3n) is 5.23. The number of benzene rings is 2. The number of hydrogen-bond donors (Lipinski definition) is 1. The zero-order chi connectivity index (χ0) is 21.4.